The highest BCUT2D eigenvalue weighted by Crippen LogP contribution is 2.08. The fourth-order valence-corrected chi connectivity index (χ4v) is 2.77. The summed E-state index contributed by atoms with van der Waals surface area (Å²) in [6, 6.07) is 14.7. The van der Waals surface area contributed by atoms with Crippen molar-refractivity contribution in [3.8, 4) is 0 Å². The van der Waals surface area contributed by atoms with Gasteiger partial charge in [0, 0.05) is 6.54 Å². The van der Waals surface area contributed by atoms with E-state index < -0.39 is 17.1 Å². The van der Waals surface area contributed by atoms with Gasteiger partial charge in [-0.05, 0) is 23.2 Å². The molecule has 0 spiro atoms. The first-order valence-corrected chi connectivity index (χ1v) is 7.47. The number of benzene rings is 2. The van der Waals surface area contributed by atoms with Crippen molar-refractivity contribution in [1.82, 2.24) is 4.72 Å². The highest BCUT2D eigenvalue weighted by atomic mass is 32.2. The minimum atomic E-state index is -3.69. The average Bonchev–Trinajstić information content (AvgIpc) is 2.46. The predicted molar refractivity (Wildman–Crippen MR) is 76.7 cm³/mol. The highest BCUT2D eigenvalue weighted by molar-refractivity contribution is 7.89. The molecule has 2 rings (SSSR count). The van der Waals surface area contributed by atoms with Crippen LogP contribution in [0.1, 0.15) is 5.56 Å². The molecule has 5 nitrogen and oxygen atoms in total. The fourth-order valence-electron chi connectivity index (χ4n) is 1.70. The molecule has 0 bridgehead atoms. The monoisotopic (exact) mass is 291 g/mol. The van der Waals surface area contributed by atoms with Gasteiger partial charge in [-0.1, -0.05) is 42.5 Å². The van der Waals surface area contributed by atoms with Gasteiger partial charge in [-0.2, -0.15) is 0 Å². The van der Waals surface area contributed by atoms with E-state index in [-0.39, 0.29) is 16.9 Å². The maximum absolute atomic E-state index is 12.1. The molecule has 2 aromatic carbocycles. The first kappa shape index (κ1) is 14.7. The fraction of sp³-hybridized carbons (Fsp3) is 0.0769. The summed E-state index contributed by atoms with van der Waals surface area (Å²) in [5.74, 6) is 0. The molecule has 0 heterocycles. The molecule has 0 atom stereocenters. The van der Waals surface area contributed by atoms with Crippen LogP contribution in [-0.2, 0) is 16.6 Å². The molecule has 0 saturated carbocycles. The Morgan fingerprint density at radius 3 is 2.35 bits per heavy atom. The van der Waals surface area contributed by atoms with Crippen molar-refractivity contribution in [2.24, 2.45) is 0 Å². The van der Waals surface area contributed by atoms with Crippen LogP contribution in [0.2, 0.25) is 0 Å². The Hall–Kier alpha value is -1.67. The molecule has 2 aromatic rings. The zero-order chi connectivity index (χ0) is 14.6. The lowest BCUT2D eigenvalue weighted by atomic mass is 9.81. The molecule has 20 heavy (non-hydrogen) atoms. The van der Waals surface area contributed by atoms with Crippen LogP contribution in [-0.4, -0.2) is 25.6 Å². The van der Waals surface area contributed by atoms with E-state index in [0.29, 0.717) is 0 Å². The minimum absolute atomic E-state index is 0.000897. The average molecular weight is 291 g/mol. The molecule has 7 heteroatoms. The second-order valence-electron chi connectivity index (χ2n) is 4.26. The largest absolute Gasteiger partial charge is 0.488 e. The predicted octanol–water partition coefficient (Wildman–Crippen LogP) is -0.155. The molecule has 0 unspecified atom stereocenters. The number of hydrogen-bond donors (Lipinski definition) is 3. The third-order valence-corrected chi connectivity index (χ3v) is 4.17. The zero-order valence-corrected chi connectivity index (χ0v) is 11.4. The Bertz CT molecular complexity index is 674. The van der Waals surface area contributed by atoms with Gasteiger partial charge in [0.05, 0.1) is 4.90 Å². The van der Waals surface area contributed by atoms with Crippen LogP contribution < -0.4 is 10.2 Å². The lowest BCUT2D eigenvalue weighted by molar-refractivity contribution is 0.425. The Labute approximate surface area is 118 Å². The molecule has 0 aromatic heterocycles. The van der Waals surface area contributed by atoms with E-state index in [1.54, 1.807) is 0 Å². The van der Waals surface area contributed by atoms with Gasteiger partial charge in [-0.3, -0.25) is 0 Å². The summed E-state index contributed by atoms with van der Waals surface area (Å²) in [6.45, 7) is 0.176. The summed E-state index contributed by atoms with van der Waals surface area (Å²) >= 11 is 0. The Morgan fingerprint density at radius 2 is 1.70 bits per heavy atom. The SMILES string of the molecule is O=S(=O)(NCc1ccccc1)c1cccc(B(O)O)c1. The van der Waals surface area contributed by atoms with E-state index in [1.165, 1.54) is 24.3 Å². The van der Waals surface area contributed by atoms with Gasteiger partial charge in [0.1, 0.15) is 0 Å². The third-order valence-electron chi connectivity index (χ3n) is 2.78. The quantitative estimate of drug-likeness (QED) is 0.668. The van der Waals surface area contributed by atoms with Crippen molar-refractivity contribution < 1.29 is 18.5 Å². The minimum Gasteiger partial charge on any atom is -0.423 e. The molecule has 104 valence electrons. The maximum atomic E-state index is 12.1. The van der Waals surface area contributed by atoms with Crippen LogP contribution in [0.15, 0.2) is 59.5 Å². The summed E-state index contributed by atoms with van der Waals surface area (Å²) in [6.07, 6.45) is 0. The summed E-state index contributed by atoms with van der Waals surface area (Å²) < 4.78 is 26.7. The van der Waals surface area contributed by atoms with E-state index in [0.717, 1.165) is 5.56 Å². The molecule has 0 fully saturated rings. The van der Waals surface area contributed by atoms with Crippen LogP contribution in [0.25, 0.3) is 0 Å². The van der Waals surface area contributed by atoms with Gasteiger partial charge in [0.15, 0.2) is 0 Å². The van der Waals surface area contributed by atoms with Crippen molar-refractivity contribution in [2.45, 2.75) is 11.4 Å². The lowest BCUT2D eigenvalue weighted by Gasteiger charge is -2.08. The first-order chi connectivity index (χ1) is 9.49. The molecule has 0 amide bonds. The summed E-state index contributed by atoms with van der Waals surface area (Å²) in [5.41, 5.74) is 0.974. The van der Waals surface area contributed by atoms with E-state index in [9.17, 15) is 8.42 Å². The summed E-state index contributed by atoms with van der Waals surface area (Å²) in [7, 11) is -5.38. The van der Waals surface area contributed by atoms with Crippen LogP contribution in [0.3, 0.4) is 0 Å². The summed E-state index contributed by atoms with van der Waals surface area (Å²) in [5, 5.41) is 18.1. The summed E-state index contributed by atoms with van der Waals surface area (Å²) in [4.78, 5) is -0.000897. The number of hydrogen-bond acceptors (Lipinski definition) is 4. The van der Waals surface area contributed by atoms with Gasteiger partial charge >= 0.3 is 7.12 Å². The molecular weight excluding hydrogens is 277 g/mol. The van der Waals surface area contributed by atoms with Crippen molar-refractivity contribution in [1.29, 1.82) is 0 Å². The van der Waals surface area contributed by atoms with Crippen LogP contribution >= 0.6 is 0 Å². The van der Waals surface area contributed by atoms with Crippen molar-refractivity contribution in [2.75, 3.05) is 0 Å². The number of nitrogens with one attached hydrogen (secondary N) is 1. The molecule has 0 radical (unpaired) electrons. The van der Waals surface area contributed by atoms with Gasteiger partial charge in [-0.15, -0.1) is 0 Å². The van der Waals surface area contributed by atoms with E-state index in [4.69, 9.17) is 10.0 Å². The van der Waals surface area contributed by atoms with Crippen molar-refractivity contribution >= 4 is 22.6 Å². The van der Waals surface area contributed by atoms with Crippen LogP contribution in [0, 0.1) is 0 Å². The molecule has 0 aliphatic heterocycles. The standard InChI is InChI=1S/C13H14BNO4S/c16-14(17)12-7-4-8-13(9-12)20(18,19)15-10-11-5-2-1-3-6-11/h1-9,15-17H,10H2. The topological polar surface area (TPSA) is 86.6 Å². The van der Waals surface area contributed by atoms with Crippen LogP contribution in [0.4, 0.5) is 0 Å². The van der Waals surface area contributed by atoms with Crippen molar-refractivity contribution in [3.63, 3.8) is 0 Å². The Morgan fingerprint density at radius 1 is 1.00 bits per heavy atom. The van der Waals surface area contributed by atoms with Gasteiger partial charge in [-0.25, -0.2) is 13.1 Å². The Kier molecular flexibility index (Phi) is 4.56. The number of rotatable bonds is 5. The van der Waals surface area contributed by atoms with Gasteiger partial charge in [0.2, 0.25) is 10.0 Å². The maximum Gasteiger partial charge on any atom is 0.488 e. The molecule has 0 saturated heterocycles. The molecule has 3 N–H and O–H groups in total. The molecule has 0 aliphatic carbocycles. The van der Waals surface area contributed by atoms with Crippen molar-refractivity contribution in [3.05, 3.63) is 60.2 Å². The smallest absolute Gasteiger partial charge is 0.423 e. The molecule has 0 aliphatic rings. The van der Waals surface area contributed by atoms with E-state index in [2.05, 4.69) is 4.72 Å². The second-order valence-corrected chi connectivity index (χ2v) is 6.02. The normalized spacial score (nSPS) is 11.3. The Balaban J connectivity index is 2.16. The highest BCUT2D eigenvalue weighted by Gasteiger charge is 2.17. The number of sulfonamides is 1. The van der Waals surface area contributed by atoms with E-state index >= 15 is 0 Å². The third kappa shape index (κ3) is 3.67. The van der Waals surface area contributed by atoms with Gasteiger partial charge in [0.25, 0.3) is 0 Å². The van der Waals surface area contributed by atoms with E-state index in [1.807, 2.05) is 30.3 Å². The van der Waals surface area contributed by atoms with Gasteiger partial charge < -0.3 is 10.0 Å². The second kappa shape index (κ2) is 6.19. The lowest BCUT2D eigenvalue weighted by Crippen LogP contribution is -2.31. The van der Waals surface area contributed by atoms with Crippen LogP contribution in [0.5, 0.6) is 0 Å². The molecular formula is C13H14BNO4S. The first-order valence-electron chi connectivity index (χ1n) is 5.99. The zero-order valence-electron chi connectivity index (χ0n) is 10.6.